The molecule has 3 heterocycles. The second-order valence-electron chi connectivity index (χ2n) is 6.96. The van der Waals surface area contributed by atoms with Crippen LogP contribution in [0.25, 0.3) is 22.6 Å². The maximum atomic E-state index is 13.4. The highest BCUT2D eigenvalue weighted by Gasteiger charge is 2.23. The molecule has 7 heteroatoms. The third-order valence-corrected chi connectivity index (χ3v) is 4.81. The molecule has 0 radical (unpaired) electrons. The van der Waals surface area contributed by atoms with E-state index in [1.54, 1.807) is 50.4 Å². The molecule has 1 amide bonds. The molecular formula is C22H21N3O4. The largest absolute Gasteiger partial charge is 0.496 e. The van der Waals surface area contributed by atoms with Crippen LogP contribution in [0.4, 0.5) is 0 Å². The minimum Gasteiger partial charge on any atom is -0.496 e. The molecular weight excluding hydrogens is 370 g/mol. The Morgan fingerprint density at radius 2 is 2.03 bits per heavy atom. The lowest BCUT2D eigenvalue weighted by atomic mass is 10.1. The van der Waals surface area contributed by atoms with E-state index in [0.717, 1.165) is 16.9 Å². The molecule has 0 aliphatic carbocycles. The number of ether oxygens (including phenoxy) is 1. The van der Waals surface area contributed by atoms with Crippen LogP contribution in [0.2, 0.25) is 0 Å². The predicted octanol–water partition coefficient (Wildman–Crippen LogP) is 4.38. The van der Waals surface area contributed by atoms with Gasteiger partial charge >= 0.3 is 0 Å². The van der Waals surface area contributed by atoms with Crippen molar-refractivity contribution in [2.45, 2.75) is 20.4 Å². The Bertz CT molecular complexity index is 1180. The molecule has 4 aromatic rings. The van der Waals surface area contributed by atoms with E-state index in [9.17, 15) is 4.79 Å². The highest BCUT2D eigenvalue weighted by atomic mass is 16.5. The summed E-state index contributed by atoms with van der Waals surface area (Å²) in [5.74, 6) is 1.13. The van der Waals surface area contributed by atoms with Gasteiger partial charge in [0.2, 0.25) is 0 Å². The first kappa shape index (κ1) is 18.7. The first-order valence-corrected chi connectivity index (χ1v) is 9.18. The van der Waals surface area contributed by atoms with E-state index >= 15 is 0 Å². The summed E-state index contributed by atoms with van der Waals surface area (Å²) in [4.78, 5) is 19.5. The number of rotatable bonds is 5. The molecule has 0 aliphatic rings. The first-order chi connectivity index (χ1) is 14.0. The number of hydrogen-bond acceptors (Lipinski definition) is 6. The van der Waals surface area contributed by atoms with Gasteiger partial charge in [0.15, 0.2) is 5.76 Å². The summed E-state index contributed by atoms with van der Waals surface area (Å²) >= 11 is 0. The topological polar surface area (TPSA) is 81.6 Å². The van der Waals surface area contributed by atoms with Gasteiger partial charge in [-0.25, -0.2) is 4.98 Å². The third-order valence-electron chi connectivity index (χ3n) is 4.81. The quantitative estimate of drug-likeness (QED) is 0.502. The summed E-state index contributed by atoms with van der Waals surface area (Å²) < 4.78 is 16.2. The highest BCUT2D eigenvalue weighted by molar-refractivity contribution is 6.06. The summed E-state index contributed by atoms with van der Waals surface area (Å²) in [6.07, 6.45) is 1.56. The Balaban J connectivity index is 1.74. The van der Waals surface area contributed by atoms with Gasteiger partial charge < -0.3 is 18.6 Å². The fraction of sp³-hybridized carbons (Fsp3) is 0.227. The van der Waals surface area contributed by atoms with E-state index in [1.807, 2.05) is 25.1 Å². The number of furan rings is 1. The molecule has 0 spiro atoms. The number of pyridine rings is 1. The Morgan fingerprint density at radius 1 is 1.21 bits per heavy atom. The van der Waals surface area contributed by atoms with E-state index in [1.165, 1.54) is 0 Å². The van der Waals surface area contributed by atoms with Crippen LogP contribution >= 0.6 is 0 Å². The van der Waals surface area contributed by atoms with Crippen molar-refractivity contribution >= 4 is 17.0 Å². The van der Waals surface area contributed by atoms with Gasteiger partial charge in [-0.1, -0.05) is 22.9 Å². The van der Waals surface area contributed by atoms with Crippen LogP contribution in [0.3, 0.4) is 0 Å². The minimum absolute atomic E-state index is 0.167. The van der Waals surface area contributed by atoms with Crippen molar-refractivity contribution in [1.82, 2.24) is 15.0 Å². The average molecular weight is 391 g/mol. The molecule has 7 nitrogen and oxygen atoms in total. The van der Waals surface area contributed by atoms with Crippen molar-refractivity contribution in [1.29, 1.82) is 0 Å². The standard InChI is InChI=1S/C22H21N3O4/c1-13-7-8-18(27-4)15(10-13)12-25(3)22(26)16-11-17(19-6-5-9-28-19)23-21-20(16)14(2)24-29-21/h5-11H,12H2,1-4H3. The molecule has 0 bridgehead atoms. The number of carbonyl (C=O) groups is 1. The zero-order valence-electron chi connectivity index (χ0n) is 16.7. The van der Waals surface area contributed by atoms with Crippen molar-refractivity contribution < 1.29 is 18.5 Å². The van der Waals surface area contributed by atoms with Crippen LogP contribution in [-0.4, -0.2) is 35.1 Å². The molecule has 0 saturated heterocycles. The zero-order chi connectivity index (χ0) is 20.5. The van der Waals surface area contributed by atoms with Crippen LogP contribution in [0.1, 0.15) is 27.2 Å². The van der Waals surface area contributed by atoms with Gasteiger partial charge in [0, 0.05) is 19.2 Å². The fourth-order valence-corrected chi connectivity index (χ4v) is 3.38. The summed E-state index contributed by atoms with van der Waals surface area (Å²) in [7, 11) is 3.38. The lowest BCUT2D eigenvalue weighted by Gasteiger charge is -2.20. The summed E-state index contributed by atoms with van der Waals surface area (Å²) in [5.41, 5.74) is 3.94. The smallest absolute Gasteiger partial charge is 0.259 e. The van der Waals surface area contributed by atoms with E-state index < -0.39 is 0 Å². The summed E-state index contributed by atoms with van der Waals surface area (Å²) in [6.45, 7) is 4.20. The monoisotopic (exact) mass is 391 g/mol. The predicted molar refractivity (Wildman–Crippen MR) is 108 cm³/mol. The Kier molecular flexibility index (Phi) is 4.80. The van der Waals surface area contributed by atoms with Gasteiger partial charge in [-0.2, -0.15) is 0 Å². The molecule has 0 N–H and O–H groups in total. The second-order valence-corrected chi connectivity index (χ2v) is 6.96. The van der Waals surface area contributed by atoms with Crippen LogP contribution in [0.15, 0.2) is 51.6 Å². The molecule has 0 aliphatic heterocycles. The summed E-state index contributed by atoms with van der Waals surface area (Å²) in [5, 5.41) is 4.59. The summed E-state index contributed by atoms with van der Waals surface area (Å²) in [6, 6.07) is 11.2. The van der Waals surface area contributed by atoms with E-state index in [0.29, 0.717) is 40.4 Å². The molecule has 1 aromatic carbocycles. The van der Waals surface area contributed by atoms with Gasteiger partial charge in [-0.15, -0.1) is 0 Å². The molecule has 29 heavy (non-hydrogen) atoms. The Morgan fingerprint density at radius 3 is 2.76 bits per heavy atom. The Hall–Kier alpha value is -3.61. The molecule has 0 atom stereocenters. The third kappa shape index (κ3) is 3.47. The number of carbonyl (C=O) groups excluding carboxylic acids is 1. The molecule has 148 valence electrons. The lowest BCUT2D eigenvalue weighted by molar-refractivity contribution is 0.0786. The number of benzene rings is 1. The van der Waals surface area contributed by atoms with Gasteiger partial charge in [0.05, 0.1) is 30.0 Å². The van der Waals surface area contributed by atoms with Gasteiger partial charge in [0.1, 0.15) is 11.4 Å². The molecule has 4 rings (SSSR count). The van der Waals surface area contributed by atoms with E-state index in [2.05, 4.69) is 10.1 Å². The maximum Gasteiger partial charge on any atom is 0.259 e. The normalized spacial score (nSPS) is 11.0. The van der Waals surface area contributed by atoms with E-state index in [-0.39, 0.29) is 5.91 Å². The highest BCUT2D eigenvalue weighted by Crippen LogP contribution is 2.29. The second kappa shape index (κ2) is 7.43. The van der Waals surface area contributed by atoms with Crippen LogP contribution in [0.5, 0.6) is 5.75 Å². The number of aryl methyl sites for hydroxylation is 2. The molecule has 0 unspecified atom stereocenters. The number of nitrogens with zero attached hydrogens (tertiary/aromatic N) is 3. The average Bonchev–Trinajstić information content (AvgIpc) is 3.37. The van der Waals surface area contributed by atoms with Crippen molar-refractivity contribution in [3.8, 4) is 17.2 Å². The van der Waals surface area contributed by atoms with Crippen LogP contribution in [-0.2, 0) is 6.54 Å². The first-order valence-electron chi connectivity index (χ1n) is 9.18. The Labute approximate surface area is 167 Å². The number of amides is 1. The van der Waals surface area contributed by atoms with Crippen molar-refractivity contribution in [3.05, 3.63) is 65.0 Å². The fourth-order valence-electron chi connectivity index (χ4n) is 3.38. The van der Waals surface area contributed by atoms with Crippen LogP contribution < -0.4 is 4.74 Å². The lowest BCUT2D eigenvalue weighted by Crippen LogP contribution is -2.27. The van der Waals surface area contributed by atoms with Gasteiger partial charge in [-0.3, -0.25) is 4.79 Å². The van der Waals surface area contributed by atoms with Crippen molar-refractivity contribution in [3.63, 3.8) is 0 Å². The number of hydrogen-bond donors (Lipinski definition) is 0. The molecule has 3 aromatic heterocycles. The number of fused-ring (bicyclic) bond motifs is 1. The van der Waals surface area contributed by atoms with E-state index in [4.69, 9.17) is 13.7 Å². The van der Waals surface area contributed by atoms with Gasteiger partial charge in [0.25, 0.3) is 11.6 Å². The number of aromatic nitrogens is 2. The number of methoxy groups -OCH3 is 1. The SMILES string of the molecule is COc1ccc(C)cc1CN(C)C(=O)c1cc(-c2ccco2)nc2onc(C)c12. The maximum absolute atomic E-state index is 13.4. The molecule has 0 saturated carbocycles. The zero-order valence-corrected chi connectivity index (χ0v) is 16.7. The van der Waals surface area contributed by atoms with Crippen LogP contribution in [0, 0.1) is 13.8 Å². The van der Waals surface area contributed by atoms with Crippen molar-refractivity contribution in [2.75, 3.05) is 14.2 Å². The minimum atomic E-state index is -0.167. The molecule has 0 fully saturated rings. The van der Waals surface area contributed by atoms with Gasteiger partial charge in [-0.05, 0) is 38.1 Å². The van der Waals surface area contributed by atoms with Crippen molar-refractivity contribution in [2.24, 2.45) is 0 Å².